The van der Waals surface area contributed by atoms with Gasteiger partial charge in [0.05, 0.1) is 36.8 Å². The summed E-state index contributed by atoms with van der Waals surface area (Å²) in [7, 11) is -3.25. The van der Waals surface area contributed by atoms with Gasteiger partial charge in [-0.1, -0.05) is 0 Å². The number of aromatic nitrogens is 4. The van der Waals surface area contributed by atoms with Gasteiger partial charge in [0.2, 0.25) is 0 Å². The molecule has 182 valence electrons. The van der Waals surface area contributed by atoms with Gasteiger partial charge in [0.25, 0.3) is 0 Å². The minimum absolute atomic E-state index is 0.00695. The number of nitrogens with zero attached hydrogens (tertiary/aromatic N) is 4. The van der Waals surface area contributed by atoms with Crippen LogP contribution in [0.1, 0.15) is 60.4 Å². The summed E-state index contributed by atoms with van der Waals surface area (Å²) >= 11 is 0. The minimum atomic E-state index is -3.25. The quantitative estimate of drug-likeness (QED) is 0.561. The molecule has 10 nitrogen and oxygen atoms in total. The minimum Gasteiger partial charge on any atom is -0.382 e. The van der Waals surface area contributed by atoms with Crippen LogP contribution in [0.2, 0.25) is 0 Å². The third kappa shape index (κ3) is 3.90. The third-order valence-corrected chi connectivity index (χ3v) is 9.18. The third-order valence-electron chi connectivity index (χ3n) is 6.93. The summed E-state index contributed by atoms with van der Waals surface area (Å²) in [6.07, 6.45) is 4.55. The monoisotopic (exact) mass is 479 g/mol. The number of hydrogen-bond acceptors (Lipinski definition) is 9. The number of rotatable bonds is 8. The summed E-state index contributed by atoms with van der Waals surface area (Å²) in [6, 6.07) is -0.00695. The zero-order valence-electron chi connectivity index (χ0n) is 20.1. The molecule has 2 N–H and O–H groups in total. The summed E-state index contributed by atoms with van der Waals surface area (Å²) in [4.78, 5) is 13.0. The molecule has 2 aliphatic carbocycles. The van der Waals surface area contributed by atoms with E-state index in [0.717, 1.165) is 6.42 Å². The fraction of sp³-hybridized carbons (Fsp3) is 0.773. The molecule has 0 unspecified atom stereocenters. The Labute approximate surface area is 194 Å². The van der Waals surface area contributed by atoms with Crippen molar-refractivity contribution < 1.29 is 23.1 Å². The summed E-state index contributed by atoms with van der Waals surface area (Å²) in [5.41, 5.74) is 7.15. The van der Waals surface area contributed by atoms with Gasteiger partial charge in [0.15, 0.2) is 17.3 Å². The Balaban J connectivity index is 1.46. The first-order valence-electron chi connectivity index (χ1n) is 11.7. The van der Waals surface area contributed by atoms with Crippen molar-refractivity contribution in [1.29, 1.82) is 0 Å². The lowest BCUT2D eigenvalue weighted by atomic mass is 9.96. The molecule has 1 aliphatic heterocycles. The summed E-state index contributed by atoms with van der Waals surface area (Å²) in [5, 5.41) is 0. The van der Waals surface area contributed by atoms with Gasteiger partial charge in [-0.25, -0.2) is 15.0 Å². The van der Waals surface area contributed by atoms with Crippen LogP contribution < -0.4 is 5.73 Å². The highest BCUT2D eigenvalue weighted by Crippen LogP contribution is 2.74. The topological polar surface area (TPSA) is 124 Å². The van der Waals surface area contributed by atoms with E-state index in [1.807, 2.05) is 41.5 Å². The van der Waals surface area contributed by atoms with Crippen LogP contribution in [0.4, 0.5) is 5.82 Å². The molecule has 3 heterocycles. The molecule has 3 aliphatic rings. The summed E-state index contributed by atoms with van der Waals surface area (Å²) in [5.74, 6) is -0.0638. The Morgan fingerprint density at radius 2 is 1.88 bits per heavy atom. The van der Waals surface area contributed by atoms with Crippen LogP contribution in [0, 0.1) is 11.3 Å². The second kappa shape index (κ2) is 7.71. The molecule has 3 fully saturated rings. The molecule has 33 heavy (non-hydrogen) atoms. The van der Waals surface area contributed by atoms with Crippen LogP contribution in [-0.4, -0.2) is 55.9 Å². The molecule has 0 bridgehead atoms. The predicted molar refractivity (Wildman–Crippen MR) is 123 cm³/mol. The highest BCUT2D eigenvalue weighted by Gasteiger charge is 2.75. The van der Waals surface area contributed by atoms with Gasteiger partial charge in [-0.2, -0.15) is 0 Å². The normalized spacial score (nSPS) is 32.6. The van der Waals surface area contributed by atoms with E-state index in [1.54, 1.807) is 6.33 Å². The van der Waals surface area contributed by atoms with E-state index in [4.69, 9.17) is 24.3 Å². The first kappa shape index (κ1) is 23.2. The molecule has 0 radical (unpaired) electrons. The number of anilines is 1. The van der Waals surface area contributed by atoms with Crippen molar-refractivity contribution in [3.05, 3.63) is 12.7 Å². The first-order valence-corrected chi connectivity index (χ1v) is 13.4. The van der Waals surface area contributed by atoms with Gasteiger partial charge in [0, 0.05) is 5.41 Å². The second-order valence-electron chi connectivity index (χ2n) is 10.5. The predicted octanol–water partition coefficient (Wildman–Crippen LogP) is 3.92. The van der Waals surface area contributed by atoms with E-state index >= 15 is 0 Å². The number of ether oxygens (including phenoxy) is 2. The second-order valence-corrected chi connectivity index (χ2v) is 12.6. The SMILES string of the molecule is CC(C)OP(=O)(CC[C@@]12C[C@@H]1[C@@H](n1cnc3c(N)ncnc31)[C@@H]1OC(C)(C)O[C@@H]12)OC(C)C. The van der Waals surface area contributed by atoms with E-state index in [1.165, 1.54) is 6.33 Å². The smallest absolute Gasteiger partial charge is 0.331 e. The molecular formula is C22H34N5O5P. The average molecular weight is 480 g/mol. The Morgan fingerprint density at radius 3 is 2.55 bits per heavy atom. The molecule has 1 saturated heterocycles. The summed E-state index contributed by atoms with van der Waals surface area (Å²) in [6.45, 7) is 11.4. The number of nitrogens with two attached hydrogens (primary N) is 1. The largest absolute Gasteiger partial charge is 0.382 e. The van der Waals surface area contributed by atoms with E-state index in [2.05, 4.69) is 19.5 Å². The van der Waals surface area contributed by atoms with Gasteiger partial charge < -0.3 is 28.8 Å². The van der Waals surface area contributed by atoms with Gasteiger partial charge in [-0.3, -0.25) is 4.57 Å². The van der Waals surface area contributed by atoms with E-state index in [0.29, 0.717) is 29.6 Å². The Hall–Kier alpha value is -1.58. The van der Waals surface area contributed by atoms with Crippen LogP contribution in [0.5, 0.6) is 0 Å². The zero-order valence-corrected chi connectivity index (χ0v) is 21.0. The Bertz CT molecular complexity index is 1090. The van der Waals surface area contributed by atoms with Gasteiger partial charge in [0.1, 0.15) is 17.9 Å². The molecule has 11 heteroatoms. The standard InChI is InChI=1S/C22H34N5O5P/c1-12(2)31-33(28,32-13(3)4)8-7-22-9-14(22)16(17-18(22)30-21(5,6)29-17)27-11-26-15-19(23)24-10-25-20(15)27/h10-14,16-18H,7-9H2,1-6H3,(H2,23,24,25)/t14-,16-,17+,18+,22-/m1/s1. The lowest BCUT2D eigenvalue weighted by molar-refractivity contribution is -0.161. The van der Waals surface area contributed by atoms with E-state index in [-0.39, 0.29) is 41.8 Å². The van der Waals surface area contributed by atoms with Gasteiger partial charge in [-0.15, -0.1) is 0 Å². The lowest BCUT2D eigenvalue weighted by Gasteiger charge is -2.27. The Morgan fingerprint density at radius 1 is 1.18 bits per heavy atom. The molecule has 0 aromatic carbocycles. The molecule has 0 amide bonds. The Kier molecular flexibility index (Phi) is 5.42. The zero-order chi connectivity index (χ0) is 23.8. The van der Waals surface area contributed by atoms with Crippen molar-refractivity contribution in [2.24, 2.45) is 11.3 Å². The number of fused-ring (bicyclic) bond motifs is 4. The number of imidazole rings is 1. The maximum Gasteiger partial charge on any atom is 0.331 e. The molecular weight excluding hydrogens is 445 g/mol. The molecule has 2 saturated carbocycles. The van der Waals surface area contributed by atoms with Crippen LogP contribution in [0.15, 0.2) is 12.7 Å². The van der Waals surface area contributed by atoms with Crippen LogP contribution in [0.3, 0.4) is 0 Å². The van der Waals surface area contributed by atoms with Crippen LogP contribution in [-0.2, 0) is 23.1 Å². The van der Waals surface area contributed by atoms with Crippen LogP contribution in [0.25, 0.3) is 11.2 Å². The number of nitrogen functional groups attached to an aromatic ring is 1. The molecule has 2 aromatic rings. The number of hydrogen-bond donors (Lipinski definition) is 1. The first-order chi connectivity index (χ1) is 15.4. The maximum atomic E-state index is 13.5. The van der Waals surface area contributed by atoms with E-state index in [9.17, 15) is 4.57 Å². The van der Waals surface area contributed by atoms with E-state index < -0.39 is 13.4 Å². The van der Waals surface area contributed by atoms with Gasteiger partial charge in [-0.05, 0) is 60.3 Å². The van der Waals surface area contributed by atoms with Crippen molar-refractivity contribution in [1.82, 2.24) is 19.5 Å². The fourth-order valence-electron chi connectivity index (χ4n) is 5.84. The highest BCUT2D eigenvalue weighted by molar-refractivity contribution is 7.53. The maximum absolute atomic E-state index is 13.5. The van der Waals surface area contributed by atoms with Gasteiger partial charge >= 0.3 is 7.60 Å². The molecule has 2 aromatic heterocycles. The van der Waals surface area contributed by atoms with Crippen molar-refractivity contribution >= 4 is 24.6 Å². The van der Waals surface area contributed by atoms with Crippen LogP contribution >= 0.6 is 7.60 Å². The van der Waals surface area contributed by atoms with Crippen molar-refractivity contribution in [3.8, 4) is 0 Å². The summed E-state index contributed by atoms with van der Waals surface area (Å²) < 4.78 is 40.0. The lowest BCUT2D eigenvalue weighted by Crippen LogP contribution is -2.32. The fourth-order valence-corrected chi connectivity index (χ4v) is 8.07. The molecule has 5 atom stereocenters. The van der Waals surface area contributed by atoms with Crippen molar-refractivity contribution in [2.45, 2.75) is 90.6 Å². The van der Waals surface area contributed by atoms with Crippen molar-refractivity contribution in [2.75, 3.05) is 11.9 Å². The molecule has 5 rings (SSSR count). The van der Waals surface area contributed by atoms with Crippen molar-refractivity contribution in [3.63, 3.8) is 0 Å². The molecule has 0 spiro atoms. The highest BCUT2D eigenvalue weighted by atomic mass is 31.2. The average Bonchev–Trinajstić information content (AvgIpc) is 2.95.